The fraction of sp³-hybridized carbons (Fsp3) is 0.0625. The van der Waals surface area contributed by atoms with Gasteiger partial charge in [-0.25, -0.2) is 0 Å². The lowest BCUT2D eigenvalue weighted by Crippen LogP contribution is -1.88. The van der Waals surface area contributed by atoms with Crippen LogP contribution in [-0.2, 0) is 0 Å². The Kier molecular flexibility index (Phi) is 2.49. The summed E-state index contributed by atoms with van der Waals surface area (Å²) in [6, 6.07) is 18.3. The molecule has 0 aliphatic rings. The molecule has 88 valence electrons. The molecule has 18 heavy (non-hydrogen) atoms. The molecule has 0 amide bonds. The van der Waals surface area contributed by atoms with Gasteiger partial charge in [0.05, 0.1) is 5.52 Å². The largest absolute Gasteiger partial charge is 0.399 e. The van der Waals surface area contributed by atoms with E-state index >= 15 is 0 Å². The molecule has 1 aromatic heterocycles. The summed E-state index contributed by atoms with van der Waals surface area (Å²) >= 11 is 0. The molecule has 0 atom stereocenters. The summed E-state index contributed by atoms with van der Waals surface area (Å²) in [5, 5.41) is 1.16. The molecule has 3 aromatic rings. The van der Waals surface area contributed by atoms with Crippen molar-refractivity contribution in [2.45, 2.75) is 6.92 Å². The Morgan fingerprint density at radius 1 is 0.944 bits per heavy atom. The van der Waals surface area contributed by atoms with Crippen LogP contribution < -0.4 is 5.73 Å². The average molecular weight is 234 g/mol. The summed E-state index contributed by atoms with van der Waals surface area (Å²) in [4.78, 5) is 4.55. The van der Waals surface area contributed by atoms with Gasteiger partial charge in [-0.3, -0.25) is 4.98 Å². The number of nitrogens with two attached hydrogens (primary N) is 1. The van der Waals surface area contributed by atoms with Gasteiger partial charge in [-0.15, -0.1) is 0 Å². The van der Waals surface area contributed by atoms with Crippen molar-refractivity contribution in [3.8, 4) is 11.1 Å². The second-order valence-corrected chi connectivity index (χ2v) is 4.45. The Hall–Kier alpha value is -2.35. The Labute approximate surface area is 106 Å². The Balaban J connectivity index is 2.29. The van der Waals surface area contributed by atoms with E-state index in [9.17, 15) is 0 Å². The van der Waals surface area contributed by atoms with Gasteiger partial charge in [-0.2, -0.15) is 0 Å². The molecule has 0 aliphatic carbocycles. The maximum absolute atomic E-state index is 5.85. The highest BCUT2D eigenvalue weighted by molar-refractivity contribution is 5.95. The summed E-state index contributed by atoms with van der Waals surface area (Å²) in [5.41, 5.74) is 11.0. The molecule has 0 saturated heterocycles. The number of anilines is 1. The van der Waals surface area contributed by atoms with Crippen molar-refractivity contribution in [1.82, 2.24) is 4.98 Å². The van der Waals surface area contributed by atoms with Crippen molar-refractivity contribution in [3.63, 3.8) is 0 Å². The number of rotatable bonds is 1. The number of pyridine rings is 1. The number of hydrogen-bond donors (Lipinski definition) is 1. The highest BCUT2D eigenvalue weighted by atomic mass is 14.7. The van der Waals surface area contributed by atoms with Gasteiger partial charge in [0.2, 0.25) is 0 Å². The van der Waals surface area contributed by atoms with E-state index in [1.165, 1.54) is 5.56 Å². The second kappa shape index (κ2) is 4.15. The number of aryl methyl sites for hydroxylation is 1. The van der Waals surface area contributed by atoms with E-state index in [0.717, 1.165) is 27.8 Å². The van der Waals surface area contributed by atoms with Gasteiger partial charge in [0.25, 0.3) is 0 Å². The minimum atomic E-state index is 0.782. The highest BCUT2D eigenvalue weighted by Crippen LogP contribution is 2.28. The molecule has 0 saturated carbocycles. The molecule has 0 fully saturated rings. The van der Waals surface area contributed by atoms with Crippen molar-refractivity contribution in [2.75, 3.05) is 5.73 Å². The Morgan fingerprint density at radius 3 is 2.61 bits per heavy atom. The van der Waals surface area contributed by atoms with Crippen LogP contribution in [0.2, 0.25) is 0 Å². The third kappa shape index (κ3) is 1.82. The summed E-state index contributed by atoms with van der Waals surface area (Å²) in [6.45, 7) is 2.01. The summed E-state index contributed by atoms with van der Waals surface area (Å²) < 4.78 is 0. The number of nitrogens with zero attached hydrogens (tertiary/aromatic N) is 1. The van der Waals surface area contributed by atoms with Crippen LogP contribution in [0.1, 0.15) is 5.69 Å². The predicted octanol–water partition coefficient (Wildman–Crippen LogP) is 3.79. The quantitative estimate of drug-likeness (QED) is 0.650. The maximum atomic E-state index is 5.85. The lowest BCUT2D eigenvalue weighted by molar-refractivity contribution is 1.26. The average Bonchev–Trinajstić information content (AvgIpc) is 2.37. The molecular weight excluding hydrogens is 220 g/mol. The highest BCUT2D eigenvalue weighted by Gasteiger charge is 2.04. The molecule has 2 N–H and O–H groups in total. The molecule has 0 bridgehead atoms. The first kappa shape index (κ1) is 10.8. The predicted molar refractivity (Wildman–Crippen MR) is 76.3 cm³/mol. The van der Waals surface area contributed by atoms with Crippen molar-refractivity contribution in [1.29, 1.82) is 0 Å². The number of fused-ring (bicyclic) bond motifs is 1. The second-order valence-electron chi connectivity index (χ2n) is 4.45. The third-order valence-electron chi connectivity index (χ3n) is 3.07. The first-order valence-corrected chi connectivity index (χ1v) is 5.96. The normalized spacial score (nSPS) is 10.7. The number of aromatic nitrogens is 1. The van der Waals surface area contributed by atoms with E-state index in [4.69, 9.17) is 5.73 Å². The molecular formula is C16H14N2. The molecule has 1 heterocycles. The molecule has 2 heteroatoms. The topological polar surface area (TPSA) is 38.9 Å². The SMILES string of the molecule is Cc1ccc2c(-c3cccc(N)c3)cccc2n1. The van der Waals surface area contributed by atoms with E-state index in [0.29, 0.717) is 0 Å². The molecule has 3 rings (SSSR count). The van der Waals surface area contributed by atoms with Crippen molar-refractivity contribution >= 4 is 16.6 Å². The van der Waals surface area contributed by atoms with Crippen LogP contribution in [0, 0.1) is 6.92 Å². The van der Waals surface area contributed by atoms with Crippen LogP contribution in [0.25, 0.3) is 22.0 Å². The molecule has 2 aromatic carbocycles. The van der Waals surface area contributed by atoms with Crippen LogP contribution in [0.4, 0.5) is 5.69 Å². The van der Waals surface area contributed by atoms with E-state index in [-0.39, 0.29) is 0 Å². The molecule has 0 aliphatic heterocycles. The monoisotopic (exact) mass is 234 g/mol. The van der Waals surface area contributed by atoms with Gasteiger partial charge in [-0.05, 0) is 42.3 Å². The van der Waals surface area contributed by atoms with Gasteiger partial charge < -0.3 is 5.73 Å². The van der Waals surface area contributed by atoms with Crippen LogP contribution in [0.3, 0.4) is 0 Å². The van der Waals surface area contributed by atoms with Crippen molar-refractivity contribution in [2.24, 2.45) is 0 Å². The first-order valence-electron chi connectivity index (χ1n) is 5.96. The summed E-state index contributed by atoms with van der Waals surface area (Å²) in [6.07, 6.45) is 0. The zero-order valence-electron chi connectivity index (χ0n) is 10.2. The number of benzene rings is 2. The standard InChI is InChI=1S/C16H14N2/c1-11-8-9-15-14(6-3-7-16(15)18-11)12-4-2-5-13(17)10-12/h2-10H,17H2,1H3. The van der Waals surface area contributed by atoms with E-state index in [1.54, 1.807) is 0 Å². The van der Waals surface area contributed by atoms with Gasteiger partial charge >= 0.3 is 0 Å². The minimum Gasteiger partial charge on any atom is -0.399 e. The van der Waals surface area contributed by atoms with Crippen LogP contribution >= 0.6 is 0 Å². The molecule has 2 nitrogen and oxygen atoms in total. The molecule has 0 unspecified atom stereocenters. The lowest BCUT2D eigenvalue weighted by atomic mass is 10.00. The summed E-state index contributed by atoms with van der Waals surface area (Å²) in [5.74, 6) is 0. The molecule has 0 spiro atoms. The number of hydrogen-bond acceptors (Lipinski definition) is 2. The Morgan fingerprint density at radius 2 is 1.78 bits per heavy atom. The zero-order chi connectivity index (χ0) is 12.5. The van der Waals surface area contributed by atoms with Crippen LogP contribution in [0.15, 0.2) is 54.6 Å². The van der Waals surface area contributed by atoms with Crippen molar-refractivity contribution < 1.29 is 0 Å². The fourth-order valence-electron chi connectivity index (χ4n) is 2.21. The van der Waals surface area contributed by atoms with Crippen LogP contribution in [-0.4, -0.2) is 4.98 Å². The molecule has 0 radical (unpaired) electrons. The van der Waals surface area contributed by atoms with Gasteiger partial charge in [0.15, 0.2) is 0 Å². The fourth-order valence-corrected chi connectivity index (χ4v) is 2.21. The number of nitrogen functional groups attached to an aromatic ring is 1. The maximum Gasteiger partial charge on any atom is 0.0711 e. The van der Waals surface area contributed by atoms with Gasteiger partial charge in [0.1, 0.15) is 0 Å². The lowest BCUT2D eigenvalue weighted by Gasteiger charge is -2.07. The third-order valence-corrected chi connectivity index (χ3v) is 3.07. The summed E-state index contributed by atoms with van der Waals surface area (Å²) in [7, 11) is 0. The Bertz CT molecular complexity index is 717. The van der Waals surface area contributed by atoms with E-state index in [2.05, 4.69) is 23.2 Å². The van der Waals surface area contributed by atoms with Crippen molar-refractivity contribution in [3.05, 3.63) is 60.3 Å². The van der Waals surface area contributed by atoms with Gasteiger partial charge in [-0.1, -0.05) is 30.3 Å². The smallest absolute Gasteiger partial charge is 0.0711 e. The van der Waals surface area contributed by atoms with Gasteiger partial charge in [0, 0.05) is 16.8 Å². The zero-order valence-corrected chi connectivity index (χ0v) is 10.2. The first-order chi connectivity index (χ1) is 8.74. The minimum absolute atomic E-state index is 0.782. The van der Waals surface area contributed by atoms with E-state index < -0.39 is 0 Å². The van der Waals surface area contributed by atoms with Crippen LogP contribution in [0.5, 0.6) is 0 Å². The van der Waals surface area contributed by atoms with E-state index in [1.807, 2.05) is 43.3 Å².